The van der Waals surface area contributed by atoms with Crippen LogP contribution in [0.5, 0.6) is 0 Å². The van der Waals surface area contributed by atoms with Crippen molar-refractivity contribution in [1.82, 2.24) is 4.98 Å². The summed E-state index contributed by atoms with van der Waals surface area (Å²) in [4.78, 5) is 56.9. The lowest BCUT2D eigenvalue weighted by Crippen LogP contribution is -2.31. The van der Waals surface area contributed by atoms with Crippen LogP contribution in [0.25, 0.3) is 11.1 Å². The van der Waals surface area contributed by atoms with E-state index >= 15 is 0 Å². The van der Waals surface area contributed by atoms with Crippen LogP contribution in [-0.2, 0) is 20.7 Å². The number of aryl methyl sites for hydroxylation is 1. The van der Waals surface area contributed by atoms with Gasteiger partial charge in [-0.15, -0.1) is 0 Å². The quantitative estimate of drug-likeness (QED) is 0.125. The predicted molar refractivity (Wildman–Crippen MR) is 163 cm³/mol. The summed E-state index contributed by atoms with van der Waals surface area (Å²) >= 11 is 1.12. The molecule has 1 atom stereocenters. The van der Waals surface area contributed by atoms with Gasteiger partial charge in [0.25, 0.3) is 0 Å². The second-order valence-corrected chi connectivity index (χ2v) is 11.1. The van der Waals surface area contributed by atoms with Crippen LogP contribution < -0.4 is 4.90 Å². The van der Waals surface area contributed by atoms with E-state index in [1.807, 2.05) is 49.4 Å². The van der Waals surface area contributed by atoms with Crippen LogP contribution in [-0.4, -0.2) is 40.4 Å². The Bertz CT molecular complexity index is 1710. The molecule has 1 saturated heterocycles. The second kappa shape index (κ2) is 13.3. The number of nitriles is 1. The third-order valence-electron chi connectivity index (χ3n) is 6.91. The third-order valence-corrected chi connectivity index (χ3v) is 8.10. The smallest absolute Gasteiger partial charge is 0.338 e. The minimum atomic E-state index is -0.721. The fourth-order valence-corrected chi connectivity index (χ4v) is 5.79. The number of ether oxygens (including phenoxy) is 1. The van der Waals surface area contributed by atoms with Crippen molar-refractivity contribution in [1.29, 1.82) is 5.26 Å². The molecule has 3 aromatic carbocycles. The molecular weight excluding hydrogens is 562 g/mol. The number of hydrogen-bond donors (Lipinski definition) is 0. The first-order chi connectivity index (χ1) is 20.9. The number of pyridine rings is 1. The number of aromatic nitrogens is 1. The number of esters is 1. The Labute approximate surface area is 253 Å². The van der Waals surface area contributed by atoms with Crippen LogP contribution in [0.1, 0.15) is 51.7 Å². The molecule has 1 unspecified atom stereocenters. The van der Waals surface area contributed by atoms with E-state index in [4.69, 9.17) is 4.74 Å². The van der Waals surface area contributed by atoms with Gasteiger partial charge in [0.15, 0.2) is 12.4 Å². The fraction of sp³-hybridized carbons (Fsp3) is 0.176. The van der Waals surface area contributed by atoms with Gasteiger partial charge < -0.3 is 4.74 Å². The highest BCUT2D eigenvalue weighted by atomic mass is 32.2. The first kappa shape index (κ1) is 29.4. The zero-order chi connectivity index (χ0) is 30.3. The minimum absolute atomic E-state index is 0.0354. The lowest BCUT2D eigenvalue weighted by atomic mass is 10.0. The molecule has 2 amide bonds. The standard InChI is InChI=1S/C34H27N3O5S/c1-2-6-27-16-13-26(20-35)32(36-27)43-30-19-31(39)37(33(30)40)28-17-14-25(15-18-28)34(41)42-21-29(38)24-11-9-23(10-12-24)22-7-4-3-5-8-22/h3-5,7-18,30H,2,6,19,21H2,1H3. The van der Waals surface area contributed by atoms with Crippen LogP contribution in [0.15, 0.2) is 96.0 Å². The van der Waals surface area contributed by atoms with Crippen LogP contribution in [0, 0.1) is 11.3 Å². The molecule has 0 N–H and O–H groups in total. The topological polar surface area (TPSA) is 117 Å². The Hall–Kier alpha value is -5.07. The van der Waals surface area contributed by atoms with Crippen LogP contribution in [0.3, 0.4) is 0 Å². The maximum absolute atomic E-state index is 13.2. The first-order valence-corrected chi connectivity index (χ1v) is 14.6. The Kier molecular flexibility index (Phi) is 9.08. The van der Waals surface area contributed by atoms with Gasteiger partial charge in [0.2, 0.25) is 11.8 Å². The highest BCUT2D eigenvalue weighted by Crippen LogP contribution is 2.35. The maximum Gasteiger partial charge on any atom is 0.338 e. The summed E-state index contributed by atoms with van der Waals surface area (Å²) in [6, 6.07) is 28.3. The molecule has 0 saturated carbocycles. The van der Waals surface area contributed by atoms with Crippen molar-refractivity contribution in [2.45, 2.75) is 36.5 Å². The number of nitrogens with zero attached hydrogens (tertiary/aromatic N) is 3. The summed E-state index contributed by atoms with van der Waals surface area (Å²) in [7, 11) is 0. The number of carbonyl (C=O) groups excluding carboxylic acids is 4. The van der Waals surface area contributed by atoms with Crippen molar-refractivity contribution in [3.8, 4) is 17.2 Å². The van der Waals surface area contributed by atoms with E-state index in [0.29, 0.717) is 21.8 Å². The van der Waals surface area contributed by atoms with Crippen LogP contribution in [0.2, 0.25) is 0 Å². The molecule has 1 aliphatic rings. The fourth-order valence-electron chi connectivity index (χ4n) is 4.67. The highest BCUT2D eigenvalue weighted by molar-refractivity contribution is 8.00. The number of hydrogen-bond acceptors (Lipinski definition) is 8. The van der Waals surface area contributed by atoms with Crippen molar-refractivity contribution < 1.29 is 23.9 Å². The molecule has 0 aliphatic carbocycles. The molecule has 4 aromatic rings. The lowest BCUT2D eigenvalue weighted by molar-refractivity contribution is -0.121. The van der Waals surface area contributed by atoms with Gasteiger partial charge in [0.05, 0.1) is 22.1 Å². The van der Waals surface area contributed by atoms with Crippen molar-refractivity contribution in [2.24, 2.45) is 0 Å². The molecular formula is C34H27N3O5S. The first-order valence-electron chi connectivity index (χ1n) is 13.8. The molecule has 0 bridgehead atoms. The number of thioether (sulfide) groups is 1. The summed E-state index contributed by atoms with van der Waals surface area (Å²) in [6.45, 7) is 1.60. The van der Waals surface area contributed by atoms with Crippen molar-refractivity contribution in [3.05, 3.63) is 113 Å². The molecule has 1 fully saturated rings. The van der Waals surface area contributed by atoms with Gasteiger partial charge in [-0.05, 0) is 53.9 Å². The van der Waals surface area contributed by atoms with Gasteiger partial charge in [-0.25, -0.2) is 14.7 Å². The average Bonchev–Trinajstić information content (AvgIpc) is 3.32. The number of anilines is 1. The van der Waals surface area contributed by atoms with Crippen molar-refractivity contribution in [3.63, 3.8) is 0 Å². The maximum atomic E-state index is 13.2. The van der Waals surface area contributed by atoms with Gasteiger partial charge in [-0.2, -0.15) is 5.26 Å². The SMILES string of the molecule is CCCc1ccc(C#N)c(SC2CC(=O)N(c3ccc(C(=O)OCC(=O)c4ccc(-c5ccccc5)cc4)cc3)C2=O)n1. The number of rotatable bonds is 10. The molecule has 43 heavy (non-hydrogen) atoms. The van der Waals surface area contributed by atoms with E-state index in [0.717, 1.165) is 46.3 Å². The number of Topliss-reactive ketones (excluding diaryl/α,β-unsaturated/α-hetero) is 1. The normalized spacial score (nSPS) is 14.4. The lowest BCUT2D eigenvalue weighted by Gasteiger charge is -2.15. The van der Waals surface area contributed by atoms with Crippen molar-refractivity contribution in [2.75, 3.05) is 11.5 Å². The van der Waals surface area contributed by atoms with E-state index < -0.39 is 23.7 Å². The van der Waals surface area contributed by atoms with Crippen molar-refractivity contribution >= 4 is 41.0 Å². The Morgan fingerprint density at radius 3 is 2.28 bits per heavy atom. The van der Waals surface area contributed by atoms with Gasteiger partial charge in [-0.3, -0.25) is 14.4 Å². The third kappa shape index (κ3) is 6.71. The number of imide groups is 1. The number of ketones is 1. The zero-order valence-corrected chi connectivity index (χ0v) is 24.2. The van der Waals surface area contributed by atoms with E-state index in [-0.39, 0.29) is 23.7 Å². The molecule has 0 radical (unpaired) electrons. The number of carbonyl (C=O) groups is 4. The summed E-state index contributed by atoms with van der Waals surface area (Å²) in [5.41, 5.74) is 4.10. The molecule has 0 spiro atoms. The van der Waals surface area contributed by atoms with Crippen LogP contribution in [0.4, 0.5) is 5.69 Å². The number of amides is 2. The van der Waals surface area contributed by atoms with Gasteiger partial charge in [0.1, 0.15) is 11.1 Å². The molecule has 1 aliphatic heterocycles. The molecule has 2 heterocycles. The van der Waals surface area contributed by atoms with E-state index in [1.165, 1.54) is 24.3 Å². The Balaban J connectivity index is 1.19. The predicted octanol–water partition coefficient (Wildman–Crippen LogP) is 6.04. The summed E-state index contributed by atoms with van der Waals surface area (Å²) in [6.07, 6.45) is 1.60. The van der Waals surface area contributed by atoms with E-state index in [2.05, 4.69) is 11.1 Å². The zero-order valence-electron chi connectivity index (χ0n) is 23.4. The minimum Gasteiger partial charge on any atom is -0.454 e. The van der Waals surface area contributed by atoms with E-state index in [9.17, 15) is 24.4 Å². The van der Waals surface area contributed by atoms with E-state index in [1.54, 1.807) is 24.3 Å². The Morgan fingerprint density at radius 2 is 1.60 bits per heavy atom. The summed E-state index contributed by atoms with van der Waals surface area (Å²) in [5.74, 6) is -1.84. The van der Waals surface area contributed by atoms with Gasteiger partial charge in [0, 0.05) is 17.7 Å². The second-order valence-electron chi connectivity index (χ2n) is 9.88. The Morgan fingerprint density at radius 1 is 0.930 bits per heavy atom. The van der Waals surface area contributed by atoms with Crippen LogP contribution >= 0.6 is 11.8 Å². The summed E-state index contributed by atoms with van der Waals surface area (Å²) < 4.78 is 5.23. The summed E-state index contributed by atoms with van der Waals surface area (Å²) in [5, 5.41) is 9.20. The molecule has 8 nitrogen and oxygen atoms in total. The molecule has 1 aromatic heterocycles. The van der Waals surface area contributed by atoms with Gasteiger partial charge >= 0.3 is 5.97 Å². The molecule has 214 valence electrons. The number of benzene rings is 3. The monoisotopic (exact) mass is 589 g/mol. The molecule has 5 rings (SSSR count). The average molecular weight is 590 g/mol. The molecule has 9 heteroatoms. The highest BCUT2D eigenvalue weighted by Gasteiger charge is 2.40. The largest absolute Gasteiger partial charge is 0.454 e. The van der Waals surface area contributed by atoms with Gasteiger partial charge in [-0.1, -0.05) is 79.7 Å².